The highest BCUT2D eigenvalue weighted by Crippen LogP contribution is 2.16. The number of aromatic nitrogens is 5. The molecule has 0 unspecified atom stereocenters. The number of esters is 1. The monoisotopic (exact) mass is 413 g/mol. The fourth-order valence-corrected chi connectivity index (χ4v) is 3.50. The minimum atomic E-state index is -0.536. The van der Waals surface area contributed by atoms with Crippen LogP contribution in [0.2, 0.25) is 0 Å². The van der Waals surface area contributed by atoms with E-state index in [1.807, 2.05) is 0 Å². The van der Waals surface area contributed by atoms with E-state index in [1.54, 1.807) is 29.0 Å². The first-order valence-corrected chi connectivity index (χ1v) is 9.39. The number of aryl methyl sites for hydroxylation is 2. The average Bonchev–Trinajstić information content (AvgIpc) is 3.21. The fourth-order valence-electron chi connectivity index (χ4n) is 3.50. The van der Waals surface area contributed by atoms with Gasteiger partial charge in [-0.1, -0.05) is 12.1 Å². The Bertz CT molecular complexity index is 1390. The highest BCUT2D eigenvalue weighted by molar-refractivity contribution is 5.77. The van der Waals surface area contributed by atoms with Crippen molar-refractivity contribution in [3.8, 4) is 0 Å². The minimum Gasteiger partial charge on any atom is -0.465 e. The summed E-state index contributed by atoms with van der Waals surface area (Å²) in [6.07, 6.45) is 1.69. The van der Waals surface area contributed by atoms with Crippen molar-refractivity contribution in [3.63, 3.8) is 0 Å². The third-order valence-electron chi connectivity index (χ3n) is 4.99. The molecule has 10 heteroatoms. The fraction of sp³-hybridized carbons (Fsp3) is 0.300. The van der Waals surface area contributed by atoms with Gasteiger partial charge in [0.1, 0.15) is 12.4 Å². The van der Waals surface area contributed by atoms with Crippen LogP contribution >= 0.6 is 0 Å². The molecule has 0 atom stereocenters. The van der Waals surface area contributed by atoms with Gasteiger partial charge in [-0.25, -0.2) is 9.18 Å². The second kappa shape index (κ2) is 7.29. The average molecular weight is 413 g/mol. The largest absolute Gasteiger partial charge is 0.465 e. The SMILES string of the molecule is CCOC(=O)Cn1c(C)cn2c3c(=O)n(Cc4ccc(F)cc4)c(=O)n(C)c3nc12. The van der Waals surface area contributed by atoms with E-state index in [1.165, 1.54) is 35.9 Å². The number of carbonyl (C=O) groups excluding carboxylic acids is 1. The summed E-state index contributed by atoms with van der Waals surface area (Å²) in [6, 6.07) is 5.60. The molecule has 0 aliphatic carbocycles. The Labute approximate surface area is 169 Å². The summed E-state index contributed by atoms with van der Waals surface area (Å²) in [7, 11) is 1.53. The van der Waals surface area contributed by atoms with Gasteiger partial charge in [-0.15, -0.1) is 0 Å². The summed E-state index contributed by atoms with van der Waals surface area (Å²) < 4.78 is 23.8. The molecule has 0 saturated carbocycles. The van der Waals surface area contributed by atoms with E-state index in [9.17, 15) is 18.8 Å². The van der Waals surface area contributed by atoms with E-state index < -0.39 is 23.0 Å². The molecule has 0 spiro atoms. The van der Waals surface area contributed by atoms with Crippen LogP contribution in [0.25, 0.3) is 16.9 Å². The molecule has 0 fully saturated rings. The molecule has 156 valence electrons. The van der Waals surface area contributed by atoms with Crippen molar-refractivity contribution in [3.05, 3.63) is 68.4 Å². The second-order valence-electron chi connectivity index (χ2n) is 6.98. The van der Waals surface area contributed by atoms with Gasteiger partial charge in [0.15, 0.2) is 11.2 Å². The molecule has 9 nitrogen and oxygen atoms in total. The van der Waals surface area contributed by atoms with Gasteiger partial charge in [-0.05, 0) is 31.5 Å². The smallest absolute Gasteiger partial charge is 0.332 e. The standard InChI is InChI=1S/C20H20FN5O4/c1-4-30-15(27)11-24-12(2)9-25-16-17(22-19(24)25)23(3)20(29)26(18(16)28)10-13-5-7-14(21)8-6-13/h5-9H,4,10-11H2,1-3H3. The molecule has 0 aliphatic heterocycles. The zero-order valence-electron chi connectivity index (χ0n) is 16.8. The molecule has 0 N–H and O–H groups in total. The molecule has 0 radical (unpaired) electrons. The first kappa shape index (κ1) is 19.6. The van der Waals surface area contributed by atoms with E-state index in [2.05, 4.69) is 4.98 Å². The van der Waals surface area contributed by atoms with Gasteiger partial charge in [0.25, 0.3) is 5.56 Å². The third kappa shape index (κ3) is 3.10. The number of benzene rings is 1. The molecule has 4 rings (SSSR count). The van der Waals surface area contributed by atoms with Gasteiger partial charge in [0.2, 0.25) is 5.78 Å². The van der Waals surface area contributed by atoms with Crippen molar-refractivity contribution in [1.29, 1.82) is 0 Å². The van der Waals surface area contributed by atoms with Crippen molar-refractivity contribution < 1.29 is 13.9 Å². The molecule has 3 aromatic heterocycles. The number of hydrogen-bond donors (Lipinski definition) is 0. The molecule has 0 bridgehead atoms. The van der Waals surface area contributed by atoms with Crippen LogP contribution in [0.5, 0.6) is 0 Å². The molecular weight excluding hydrogens is 393 g/mol. The Kier molecular flexibility index (Phi) is 4.76. The van der Waals surface area contributed by atoms with Gasteiger partial charge in [-0.3, -0.25) is 23.1 Å². The number of ether oxygens (including phenoxy) is 1. The summed E-state index contributed by atoms with van der Waals surface area (Å²) in [5.74, 6) is -0.457. The van der Waals surface area contributed by atoms with Crippen LogP contribution in [0, 0.1) is 12.7 Å². The first-order valence-electron chi connectivity index (χ1n) is 9.39. The molecular formula is C20H20FN5O4. The molecule has 30 heavy (non-hydrogen) atoms. The second-order valence-corrected chi connectivity index (χ2v) is 6.98. The highest BCUT2D eigenvalue weighted by atomic mass is 19.1. The van der Waals surface area contributed by atoms with Crippen molar-refractivity contribution in [2.75, 3.05) is 6.61 Å². The van der Waals surface area contributed by atoms with Crippen LogP contribution in [0.3, 0.4) is 0 Å². The normalized spacial score (nSPS) is 11.5. The van der Waals surface area contributed by atoms with Crippen molar-refractivity contribution >= 4 is 22.9 Å². The summed E-state index contributed by atoms with van der Waals surface area (Å²) in [4.78, 5) is 42.4. The van der Waals surface area contributed by atoms with E-state index in [4.69, 9.17) is 4.74 Å². The Morgan fingerprint density at radius 1 is 1.17 bits per heavy atom. The third-order valence-corrected chi connectivity index (χ3v) is 4.99. The predicted octanol–water partition coefficient (Wildman–Crippen LogP) is 1.21. The van der Waals surface area contributed by atoms with Crippen molar-refractivity contribution in [1.82, 2.24) is 23.1 Å². The molecule has 0 aliphatic rings. The lowest BCUT2D eigenvalue weighted by Gasteiger charge is -2.08. The Balaban J connectivity index is 1.91. The summed E-state index contributed by atoms with van der Waals surface area (Å²) in [6.45, 7) is 3.71. The number of carbonyl (C=O) groups is 1. The van der Waals surface area contributed by atoms with Crippen LogP contribution in [0.1, 0.15) is 18.2 Å². The zero-order chi connectivity index (χ0) is 21.6. The minimum absolute atomic E-state index is 0.00250. The van der Waals surface area contributed by atoms with Gasteiger partial charge in [0, 0.05) is 18.9 Å². The maximum atomic E-state index is 13.2. The Morgan fingerprint density at radius 2 is 1.87 bits per heavy atom. The van der Waals surface area contributed by atoms with Crippen LogP contribution in [0.4, 0.5) is 4.39 Å². The maximum Gasteiger partial charge on any atom is 0.332 e. The molecule has 0 amide bonds. The first-order chi connectivity index (χ1) is 14.3. The number of fused-ring (bicyclic) bond motifs is 3. The van der Waals surface area contributed by atoms with Crippen LogP contribution < -0.4 is 11.2 Å². The lowest BCUT2D eigenvalue weighted by atomic mass is 10.2. The summed E-state index contributed by atoms with van der Waals surface area (Å²) in [5.41, 5.74) is 0.717. The van der Waals surface area contributed by atoms with Crippen molar-refractivity contribution in [2.24, 2.45) is 7.05 Å². The molecule has 3 heterocycles. The number of nitrogens with zero attached hydrogens (tertiary/aromatic N) is 5. The van der Waals surface area contributed by atoms with E-state index in [-0.39, 0.29) is 30.9 Å². The van der Waals surface area contributed by atoms with Gasteiger partial charge >= 0.3 is 11.7 Å². The van der Waals surface area contributed by atoms with Crippen LogP contribution in [-0.2, 0) is 29.7 Å². The number of hydrogen-bond acceptors (Lipinski definition) is 5. The van der Waals surface area contributed by atoms with Crippen molar-refractivity contribution in [2.45, 2.75) is 26.9 Å². The molecule has 0 saturated heterocycles. The van der Waals surface area contributed by atoms with Gasteiger partial charge in [0.05, 0.1) is 13.2 Å². The zero-order valence-corrected chi connectivity index (χ0v) is 16.8. The van der Waals surface area contributed by atoms with E-state index in [0.29, 0.717) is 17.0 Å². The topological polar surface area (TPSA) is 92.5 Å². The lowest BCUT2D eigenvalue weighted by molar-refractivity contribution is -0.143. The Morgan fingerprint density at radius 3 is 2.53 bits per heavy atom. The number of imidazole rings is 2. The van der Waals surface area contributed by atoms with Gasteiger partial charge < -0.3 is 9.30 Å². The molecule has 4 aromatic rings. The van der Waals surface area contributed by atoms with Crippen LogP contribution in [-0.4, -0.2) is 35.7 Å². The summed E-state index contributed by atoms with van der Waals surface area (Å²) in [5, 5.41) is 0. The van der Waals surface area contributed by atoms with Gasteiger partial charge in [-0.2, -0.15) is 4.98 Å². The number of rotatable bonds is 5. The van der Waals surface area contributed by atoms with Crippen LogP contribution in [0.15, 0.2) is 40.1 Å². The maximum absolute atomic E-state index is 13.2. The number of halogens is 1. The summed E-state index contributed by atoms with van der Waals surface area (Å²) >= 11 is 0. The molecule has 1 aromatic carbocycles. The van der Waals surface area contributed by atoms with E-state index in [0.717, 1.165) is 4.57 Å². The van der Waals surface area contributed by atoms with E-state index >= 15 is 0 Å². The Hall–Kier alpha value is -3.69. The highest BCUT2D eigenvalue weighted by Gasteiger charge is 2.21. The quantitative estimate of drug-likeness (QED) is 0.459. The predicted molar refractivity (Wildman–Crippen MR) is 107 cm³/mol. The lowest BCUT2D eigenvalue weighted by Crippen LogP contribution is -2.39.